The molecule has 9 nitrogen and oxygen atoms in total. The van der Waals surface area contributed by atoms with Crippen molar-refractivity contribution in [2.24, 2.45) is 5.92 Å². The quantitative estimate of drug-likeness (QED) is 0.386. The average molecular weight is 433 g/mol. The summed E-state index contributed by atoms with van der Waals surface area (Å²) in [5, 5.41) is 21.5. The van der Waals surface area contributed by atoms with Crippen molar-refractivity contribution < 1.29 is 57.8 Å². The number of sulfone groups is 1. The first kappa shape index (κ1) is 21.5. The van der Waals surface area contributed by atoms with E-state index in [2.05, 4.69) is 4.98 Å². The van der Waals surface area contributed by atoms with Crippen LogP contribution in [-0.4, -0.2) is 58.1 Å². The third kappa shape index (κ3) is 2.96. The summed E-state index contributed by atoms with van der Waals surface area (Å²) in [6.45, 7) is 3.15. The minimum absolute atomic E-state index is 0. The SMILES string of the molecule is Cc1nc(S(C)(=O)=O)c2sc(C3=C(C(=O)[O-])N4C(=O)[C@H]([C@@H](C)O)[C@H]4C3)cn12.[Na+]. The Labute approximate surface area is 186 Å². The Morgan fingerprint density at radius 3 is 2.64 bits per heavy atom. The fourth-order valence-corrected chi connectivity index (χ4v) is 6.23. The number of aromatic nitrogens is 2. The number of aryl methyl sites for hydroxylation is 1. The normalized spacial score (nSPS) is 22.9. The number of aliphatic carboxylic acids is 1. The van der Waals surface area contributed by atoms with Gasteiger partial charge in [0.15, 0.2) is 14.9 Å². The van der Waals surface area contributed by atoms with Crippen LogP contribution < -0.4 is 34.7 Å². The second-order valence-corrected chi connectivity index (χ2v) is 9.83. The van der Waals surface area contributed by atoms with Crippen molar-refractivity contribution in [2.45, 2.75) is 37.4 Å². The second-order valence-electron chi connectivity index (χ2n) is 6.87. The molecule has 1 fully saturated rings. The molecular weight excluding hydrogens is 417 g/mol. The molecule has 2 aliphatic heterocycles. The molecule has 0 spiro atoms. The van der Waals surface area contributed by atoms with Crippen molar-refractivity contribution in [1.82, 2.24) is 14.3 Å². The van der Waals surface area contributed by atoms with Gasteiger partial charge in [-0.15, -0.1) is 11.3 Å². The fraction of sp³-hybridized carbons (Fsp3) is 0.438. The van der Waals surface area contributed by atoms with Gasteiger partial charge in [0.2, 0.25) is 5.91 Å². The Hall–Kier alpha value is -1.24. The number of hydrogen-bond acceptors (Lipinski definition) is 8. The predicted octanol–water partition coefficient (Wildman–Crippen LogP) is -3.82. The number of rotatable bonds is 4. The number of imidazole rings is 1. The van der Waals surface area contributed by atoms with E-state index in [1.165, 1.54) is 11.8 Å². The van der Waals surface area contributed by atoms with Gasteiger partial charge in [-0.3, -0.25) is 9.20 Å². The second kappa shape index (κ2) is 6.92. The van der Waals surface area contributed by atoms with Crippen molar-refractivity contribution in [1.29, 1.82) is 0 Å². The number of carbonyl (C=O) groups is 2. The number of fused-ring (bicyclic) bond motifs is 2. The van der Waals surface area contributed by atoms with Gasteiger partial charge >= 0.3 is 29.6 Å². The number of carboxylic acid groups (broad SMARTS) is 1. The first-order valence-electron chi connectivity index (χ1n) is 8.17. The zero-order valence-electron chi connectivity index (χ0n) is 15.7. The van der Waals surface area contributed by atoms with E-state index in [1.807, 2.05) is 0 Å². The summed E-state index contributed by atoms with van der Waals surface area (Å²) in [5.41, 5.74) is 0.196. The molecule has 2 aromatic heterocycles. The van der Waals surface area contributed by atoms with Crippen LogP contribution in [0.2, 0.25) is 0 Å². The van der Waals surface area contributed by atoms with E-state index in [9.17, 15) is 28.2 Å². The third-order valence-electron chi connectivity index (χ3n) is 5.04. The van der Waals surface area contributed by atoms with Gasteiger partial charge < -0.3 is 19.9 Å². The molecule has 12 heteroatoms. The molecule has 0 aliphatic carbocycles. The molecule has 144 valence electrons. The summed E-state index contributed by atoms with van der Waals surface area (Å²) < 4.78 is 25.5. The maximum absolute atomic E-state index is 12.3. The molecule has 1 saturated heterocycles. The standard InChI is InChI=1S/C16H17N3O6S2.Na/c1-6(20)11-9-4-8(12(16(22)23)19(9)14(11)21)10-5-18-7(2)17-13(15(18)26-10)27(3,24)25;/h5-6,9,11,20H,4H2,1-3H3,(H,22,23);/q;+1/p-1/t6-,9-,11-;/m1./s1. The maximum atomic E-state index is 12.3. The van der Waals surface area contributed by atoms with Crippen molar-refractivity contribution in [2.75, 3.05) is 6.26 Å². The summed E-state index contributed by atoms with van der Waals surface area (Å²) in [4.78, 5) is 30.2. The maximum Gasteiger partial charge on any atom is 1.00 e. The number of nitrogens with zero attached hydrogens (tertiary/aromatic N) is 3. The number of hydrogen-bond donors (Lipinski definition) is 1. The summed E-state index contributed by atoms with van der Waals surface area (Å²) in [6.07, 6.45) is 2.06. The van der Waals surface area contributed by atoms with Crippen molar-refractivity contribution in [3.05, 3.63) is 22.6 Å². The van der Waals surface area contributed by atoms with Crippen LogP contribution in [0.4, 0.5) is 0 Å². The largest absolute Gasteiger partial charge is 1.00 e. The molecule has 2 aliphatic rings. The van der Waals surface area contributed by atoms with Crippen LogP contribution in [0, 0.1) is 12.8 Å². The van der Waals surface area contributed by atoms with E-state index < -0.39 is 39.8 Å². The summed E-state index contributed by atoms with van der Waals surface area (Å²) in [5.74, 6) is -2.11. The Morgan fingerprint density at radius 1 is 1.46 bits per heavy atom. The van der Waals surface area contributed by atoms with E-state index in [0.717, 1.165) is 17.6 Å². The molecule has 28 heavy (non-hydrogen) atoms. The van der Waals surface area contributed by atoms with Gasteiger partial charge in [0, 0.05) is 12.5 Å². The molecule has 3 atom stereocenters. The van der Waals surface area contributed by atoms with Crippen LogP contribution in [0.3, 0.4) is 0 Å². The van der Waals surface area contributed by atoms with Crippen LogP contribution in [-0.2, 0) is 19.4 Å². The fourth-order valence-electron chi connectivity index (χ4n) is 3.85. The van der Waals surface area contributed by atoms with E-state index >= 15 is 0 Å². The Bertz CT molecular complexity index is 1150. The number of thiazole rings is 1. The summed E-state index contributed by atoms with van der Waals surface area (Å²) in [7, 11) is -3.55. The third-order valence-corrected chi connectivity index (χ3v) is 7.31. The van der Waals surface area contributed by atoms with E-state index in [1.54, 1.807) is 17.5 Å². The summed E-state index contributed by atoms with van der Waals surface area (Å²) >= 11 is 1.10. The van der Waals surface area contributed by atoms with Crippen LogP contribution in [0.25, 0.3) is 10.4 Å². The van der Waals surface area contributed by atoms with E-state index in [4.69, 9.17) is 0 Å². The Kier molecular flexibility index (Phi) is 5.31. The molecule has 0 saturated carbocycles. The predicted molar refractivity (Wildman–Crippen MR) is 93.3 cm³/mol. The van der Waals surface area contributed by atoms with Gasteiger partial charge in [0.05, 0.1) is 34.6 Å². The number of amides is 1. The van der Waals surface area contributed by atoms with Crippen molar-refractivity contribution in [3.8, 4) is 0 Å². The van der Waals surface area contributed by atoms with Crippen LogP contribution >= 0.6 is 11.3 Å². The number of aliphatic hydroxyl groups excluding tert-OH is 1. The number of carbonyl (C=O) groups excluding carboxylic acids is 2. The molecule has 0 aromatic carbocycles. The van der Waals surface area contributed by atoms with Crippen LogP contribution in [0.5, 0.6) is 0 Å². The van der Waals surface area contributed by atoms with Crippen LogP contribution in [0.1, 0.15) is 24.0 Å². The molecule has 0 radical (unpaired) electrons. The van der Waals surface area contributed by atoms with E-state index in [0.29, 0.717) is 21.1 Å². The minimum Gasteiger partial charge on any atom is -0.543 e. The zero-order valence-corrected chi connectivity index (χ0v) is 19.3. The number of aliphatic hydroxyl groups is 1. The van der Waals surface area contributed by atoms with Gasteiger partial charge in [0.25, 0.3) is 0 Å². The molecule has 0 bridgehead atoms. The minimum atomic E-state index is -3.55. The Balaban J connectivity index is 0.00000225. The van der Waals surface area contributed by atoms with Crippen molar-refractivity contribution in [3.63, 3.8) is 0 Å². The van der Waals surface area contributed by atoms with Gasteiger partial charge in [-0.25, -0.2) is 13.4 Å². The monoisotopic (exact) mass is 433 g/mol. The first-order valence-corrected chi connectivity index (χ1v) is 10.9. The van der Waals surface area contributed by atoms with E-state index in [-0.39, 0.29) is 46.7 Å². The van der Waals surface area contributed by atoms with Gasteiger partial charge in [-0.2, -0.15) is 0 Å². The molecule has 1 amide bonds. The molecule has 4 heterocycles. The van der Waals surface area contributed by atoms with Crippen molar-refractivity contribution >= 4 is 43.5 Å². The smallest absolute Gasteiger partial charge is 0.543 e. The Morgan fingerprint density at radius 2 is 2.11 bits per heavy atom. The average Bonchev–Trinajstić information content (AvgIpc) is 3.17. The molecule has 4 rings (SSSR count). The molecular formula is C16H16N3NaO6S2. The zero-order chi connectivity index (χ0) is 19.8. The first-order chi connectivity index (χ1) is 12.5. The summed E-state index contributed by atoms with van der Waals surface area (Å²) in [6, 6.07) is -0.435. The van der Waals surface area contributed by atoms with Gasteiger partial charge in [-0.05, 0) is 25.8 Å². The van der Waals surface area contributed by atoms with Crippen LogP contribution in [0.15, 0.2) is 16.9 Å². The topological polar surface area (TPSA) is 132 Å². The number of carboxylic acids is 1. The molecule has 2 aromatic rings. The number of β-lactam (4-membered cyclic amide) rings is 1. The molecule has 0 unspecified atom stereocenters. The van der Waals surface area contributed by atoms with Gasteiger partial charge in [0.1, 0.15) is 10.7 Å². The molecule has 1 N–H and O–H groups in total. The van der Waals surface area contributed by atoms with Gasteiger partial charge in [-0.1, -0.05) is 0 Å².